The summed E-state index contributed by atoms with van der Waals surface area (Å²) in [6, 6.07) is 17.0. The van der Waals surface area contributed by atoms with E-state index >= 15 is 0 Å². The summed E-state index contributed by atoms with van der Waals surface area (Å²) in [5, 5.41) is 7.92. The highest BCUT2D eigenvalue weighted by Gasteiger charge is 2.23. The molecule has 0 spiro atoms. The number of nitrogens with zero attached hydrogens (tertiary/aromatic N) is 7. The van der Waals surface area contributed by atoms with Crippen molar-refractivity contribution in [2.75, 3.05) is 43.0 Å². The number of anilines is 2. The largest absolute Gasteiger partial charge is 0.369 e. The summed E-state index contributed by atoms with van der Waals surface area (Å²) in [6.45, 7) is 5.69. The summed E-state index contributed by atoms with van der Waals surface area (Å²) in [7, 11) is 2.17. The maximum absolute atomic E-state index is 14.6. The first-order valence-electron chi connectivity index (χ1n) is 13.3. The van der Waals surface area contributed by atoms with Gasteiger partial charge in [-0.15, -0.1) is 0 Å². The molecule has 0 aliphatic carbocycles. The van der Waals surface area contributed by atoms with Gasteiger partial charge in [-0.3, -0.25) is 5.10 Å². The number of aromatic nitrogens is 5. The number of likely N-dealkylation sites (N-methyl/N-ethyl adjacent to an activating group) is 1. The Kier molecular flexibility index (Phi) is 6.10. The van der Waals surface area contributed by atoms with Gasteiger partial charge in [-0.05, 0) is 60.5 Å². The fraction of sp³-hybridized carbons (Fsp3) is 0.226. The summed E-state index contributed by atoms with van der Waals surface area (Å²) in [4.78, 5) is 20.9. The minimum Gasteiger partial charge on any atom is -0.369 e. The standard InChI is InChI=1S/C31H27FN8/c1-38-10-12-39(13-11-38)27-6-4-22-19-40(20-24(22)15-27)31-33-9-8-29(36-31)30-17-25(32)16-26(35-30)5-2-21-3-7-28-23(14-21)18-34-37-28/h3-4,6-9,14-18H,10-13,19-20H2,1H3,(H,34,37). The number of halogens is 1. The molecule has 3 aromatic heterocycles. The van der Waals surface area contributed by atoms with E-state index in [9.17, 15) is 4.39 Å². The Bertz CT molecular complexity index is 1780. The third kappa shape index (κ3) is 4.85. The second-order valence-electron chi connectivity index (χ2n) is 10.3. The van der Waals surface area contributed by atoms with E-state index in [-0.39, 0.29) is 0 Å². The molecule has 0 unspecified atom stereocenters. The molecule has 8 nitrogen and oxygen atoms in total. The molecule has 5 heterocycles. The number of aromatic amines is 1. The highest BCUT2D eigenvalue weighted by Crippen LogP contribution is 2.30. The van der Waals surface area contributed by atoms with Gasteiger partial charge in [0.1, 0.15) is 11.5 Å². The van der Waals surface area contributed by atoms with Gasteiger partial charge in [-0.25, -0.2) is 19.3 Å². The minimum atomic E-state index is -0.412. The Labute approximate surface area is 231 Å². The van der Waals surface area contributed by atoms with Crippen LogP contribution in [-0.2, 0) is 13.1 Å². The number of H-pyrrole nitrogens is 1. The molecule has 5 aromatic rings. The van der Waals surface area contributed by atoms with E-state index in [1.807, 2.05) is 18.2 Å². The second-order valence-corrected chi connectivity index (χ2v) is 10.3. The third-order valence-corrected chi connectivity index (χ3v) is 7.53. The third-order valence-electron chi connectivity index (χ3n) is 7.53. The molecule has 1 saturated heterocycles. The molecule has 2 aliphatic rings. The Morgan fingerprint density at radius 1 is 0.825 bits per heavy atom. The van der Waals surface area contributed by atoms with Gasteiger partial charge >= 0.3 is 0 Å². The zero-order valence-corrected chi connectivity index (χ0v) is 22.1. The van der Waals surface area contributed by atoms with E-state index < -0.39 is 5.82 Å². The van der Waals surface area contributed by atoms with Crippen LogP contribution in [0.4, 0.5) is 16.0 Å². The number of pyridine rings is 1. The number of piperazine rings is 1. The van der Waals surface area contributed by atoms with Crippen LogP contribution in [0.2, 0.25) is 0 Å². The smallest absolute Gasteiger partial charge is 0.226 e. The second kappa shape index (κ2) is 10.1. The summed E-state index contributed by atoms with van der Waals surface area (Å²) in [5.41, 5.74) is 6.90. The molecule has 7 rings (SSSR count). The van der Waals surface area contributed by atoms with E-state index in [2.05, 4.69) is 72.0 Å². The van der Waals surface area contributed by atoms with Crippen molar-refractivity contribution >= 4 is 22.5 Å². The number of fused-ring (bicyclic) bond motifs is 2. The van der Waals surface area contributed by atoms with Crippen LogP contribution in [-0.4, -0.2) is 63.3 Å². The van der Waals surface area contributed by atoms with Crippen LogP contribution in [0.3, 0.4) is 0 Å². The van der Waals surface area contributed by atoms with Gasteiger partial charge in [0.2, 0.25) is 5.95 Å². The lowest BCUT2D eigenvalue weighted by Gasteiger charge is -2.34. The van der Waals surface area contributed by atoms with Crippen LogP contribution >= 0.6 is 0 Å². The molecule has 0 amide bonds. The molecule has 1 fully saturated rings. The number of nitrogens with one attached hydrogen (secondary N) is 1. The van der Waals surface area contributed by atoms with Gasteiger partial charge in [-0.1, -0.05) is 12.0 Å². The summed E-state index contributed by atoms with van der Waals surface area (Å²) < 4.78 is 14.6. The number of rotatable bonds is 3. The zero-order valence-electron chi connectivity index (χ0n) is 22.1. The molecule has 40 heavy (non-hydrogen) atoms. The maximum Gasteiger partial charge on any atom is 0.226 e. The normalized spacial score (nSPS) is 15.2. The van der Waals surface area contributed by atoms with Gasteiger partial charge in [0, 0.05) is 74.2 Å². The molecule has 0 radical (unpaired) electrons. The average molecular weight is 531 g/mol. The van der Waals surface area contributed by atoms with Gasteiger partial charge in [0.05, 0.1) is 23.1 Å². The Hall–Kier alpha value is -4.81. The van der Waals surface area contributed by atoms with Gasteiger partial charge in [0.25, 0.3) is 0 Å². The number of benzene rings is 2. The quantitative estimate of drug-likeness (QED) is 0.350. The summed E-state index contributed by atoms with van der Waals surface area (Å²) in [5.74, 6) is 6.26. The minimum absolute atomic E-state index is 0.340. The van der Waals surface area contributed by atoms with Gasteiger partial charge < -0.3 is 14.7 Å². The monoisotopic (exact) mass is 530 g/mol. The van der Waals surface area contributed by atoms with Gasteiger partial charge in [-0.2, -0.15) is 5.10 Å². The van der Waals surface area contributed by atoms with Gasteiger partial charge in [0.15, 0.2) is 0 Å². The van der Waals surface area contributed by atoms with Crippen molar-refractivity contribution in [2.45, 2.75) is 13.1 Å². The number of hydrogen-bond acceptors (Lipinski definition) is 7. The maximum atomic E-state index is 14.6. The molecule has 2 aromatic carbocycles. The van der Waals surface area contributed by atoms with E-state index in [0.29, 0.717) is 23.0 Å². The molecular weight excluding hydrogens is 503 g/mol. The van der Waals surface area contributed by atoms with Crippen molar-refractivity contribution in [3.8, 4) is 23.2 Å². The van der Waals surface area contributed by atoms with Crippen LogP contribution in [0, 0.1) is 17.7 Å². The lowest BCUT2D eigenvalue weighted by atomic mass is 10.1. The SMILES string of the molecule is CN1CCN(c2ccc3c(c2)CN(c2nccc(-c4cc(F)cc(C#Cc5ccc6[nH]ncc6c5)n4)n2)C3)CC1. The lowest BCUT2D eigenvalue weighted by molar-refractivity contribution is 0.313. The van der Waals surface area contributed by atoms with Crippen molar-refractivity contribution in [3.63, 3.8) is 0 Å². The predicted molar refractivity (Wildman–Crippen MR) is 153 cm³/mol. The molecule has 1 N–H and O–H groups in total. The van der Waals surface area contributed by atoms with Crippen molar-refractivity contribution in [1.82, 2.24) is 30.0 Å². The highest BCUT2D eigenvalue weighted by molar-refractivity contribution is 5.79. The summed E-state index contributed by atoms with van der Waals surface area (Å²) in [6.07, 6.45) is 3.45. The predicted octanol–water partition coefficient (Wildman–Crippen LogP) is 4.23. The van der Waals surface area contributed by atoms with Crippen molar-refractivity contribution in [3.05, 3.63) is 95.2 Å². The first-order valence-corrected chi connectivity index (χ1v) is 13.3. The first-order chi connectivity index (χ1) is 19.6. The van der Waals surface area contributed by atoms with Crippen LogP contribution < -0.4 is 9.80 Å². The van der Waals surface area contributed by atoms with Crippen molar-refractivity contribution in [2.24, 2.45) is 0 Å². The zero-order chi connectivity index (χ0) is 27.1. The molecule has 9 heteroatoms. The van der Waals surface area contributed by atoms with E-state index in [1.54, 1.807) is 18.5 Å². The molecule has 0 bridgehead atoms. The van der Waals surface area contributed by atoms with Crippen molar-refractivity contribution in [1.29, 1.82) is 0 Å². The Balaban J connectivity index is 1.11. The van der Waals surface area contributed by atoms with Crippen molar-refractivity contribution < 1.29 is 4.39 Å². The highest BCUT2D eigenvalue weighted by atomic mass is 19.1. The van der Waals surface area contributed by atoms with Crippen LogP contribution in [0.5, 0.6) is 0 Å². The molecule has 0 saturated carbocycles. The van der Waals surface area contributed by atoms with Crippen LogP contribution in [0.25, 0.3) is 22.3 Å². The average Bonchev–Trinajstić information content (AvgIpc) is 3.63. The summed E-state index contributed by atoms with van der Waals surface area (Å²) >= 11 is 0. The van der Waals surface area contributed by atoms with E-state index in [1.165, 1.54) is 28.9 Å². The van der Waals surface area contributed by atoms with Crippen LogP contribution in [0.1, 0.15) is 22.4 Å². The fourth-order valence-electron chi connectivity index (χ4n) is 5.28. The lowest BCUT2D eigenvalue weighted by Crippen LogP contribution is -2.44. The molecule has 2 aliphatic heterocycles. The molecule has 198 valence electrons. The fourth-order valence-corrected chi connectivity index (χ4v) is 5.28. The molecular formula is C31H27FN8. The topological polar surface area (TPSA) is 77.1 Å². The molecule has 0 atom stereocenters. The van der Waals surface area contributed by atoms with E-state index in [0.717, 1.165) is 55.7 Å². The number of hydrogen-bond donors (Lipinski definition) is 1. The van der Waals surface area contributed by atoms with E-state index in [4.69, 9.17) is 4.98 Å². The Morgan fingerprint density at radius 3 is 2.60 bits per heavy atom. The van der Waals surface area contributed by atoms with Crippen LogP contribution in [0.15, 0.2) is 67.0 Å². The first kappa shape index (κ1) is 24.2. The Morgan fingerprint density at radius 2 is 1.70 bits per heavy atom.